The Morgan fingerprint density at radius 2 is 2.30 bits per heavy atom. The fourth-order valence-electron chi connectivity index (χ4n) is 1.73. The van der Waals surface area contributed by atoms with Crippen molar-refractivity contribution in [2.24, 2.45) is 0 Å². The summed E-state index contributed by atoms with van der Waals surface area (Å²) in [7, 11) is 0. The first-order chi connectivity index (χ1) is 9.56. The summed E-state index contributed by atoms with van der Waals surface area (Å²) in [4.78, 5) is 25.0. The van der Waals surface area contributed by atoms with E-state index in [9.17, 15) is 14.9 Å². The van der Waals surface area contributed by atoms with Crippen LogP contribution in [0.4, 0.5) is 5.69 Å². The first-order valence-electron chi connectivity index (χ1n) is 5.63. The first-order valence-corrected chi connectivity index (χ1v) is 5.63. The molecule has 0 bridgehead atoms. The molecule has 2 rings (SSSR count). The van der Waals surface area contributed by atoms with E-state index in [1.54, 1.807) is 6.92 Å². The number of hydrogen-bond donors (Lipinski definition) is 1. The zero-order chi connectivity index (χ0) is 14.7. The van der Waals surface area contributed by atoms with Gasteiger partial charge < -0.3 is 14.3 Å². The standard InChI is InChI=1S/C12H10N2O6/c1-2-19-10-7(4-3-5-8(10)14(17)18)11-9(12(15)16)13-6-20-11/h3-6H,2H2,1H3,(H,15,16). The molecule has 0 saturated heterocycles. The van der Waals surface area contributed by atoms with Crippen LogP contribution >= 0.6 is 0 Å². The van der Waals surface area contributed by atoms with Crippen LogP contribution in [0, 0.1) is 10.1 Å². The second-order valence-corrected chi connectivity index (χ2v) is 3.68. The summed E-state index contributed by atoms with van der Waals surface area (Å²) < 4.78 is 10.3. The average molecular weight is 278 g/mol. The number of carboxylic acid groups (broad SMARTS) is 1. The van der Waals surface area contributed by atoms with E-state index >= 15 is 0 Å². The Kier molecular flexibility index (Phi) is 3.65. The molecule has 0 aliphatic carbocycles. The molecule has 2 aromatic rings. The number of aromatic carboxylic acids is 1. The quantitative estimate of drug-likeness (QED) is 0.659. The van der Waals surface area contributed by atoms with Gasteiger partial charge in [0.25, 0.3) is 0 Å². The maximum Gasteiger partial charge on any atom is 0.358 e. The zero-order valence-electron chi connectivity index (χ0n) is 10.4. The van der Waals surface area contributed by atoms with E-state index < -0.39 is 10.9 Å². The second-order valence-electron chi connectivity index (χ2n) is 3.68. The summed E-state index contributed by atoms with van der Waals surface area (Å²) in [5.41, 5.74) is -0.417. The van der Waals surface area contributed by atoms with E-state index in [4.69, 9.17) is 14.3 Å². The highest BCUT2D eigenvalue weighted by Crippen LogP contribution is 2.39. The van der Waals surface area contributed by atoms with Crippen LogP contribution < -0.4 is 4.74 Å². The molecule has 0 saturated carbocycles. The minimum absolute atomic E-state index is 0.0424. The van der Waals surface area contributed by atoms with E-state index in [-0.39, 0.29) is 35.1 Å². The number of benzene rings is 1. The van der Waals surface area contributed by atoms with Crippen LogP contribution in [0.5, 0.6) is 5.75 Å². The number of nitro groups is 1. The normalized spacial score (nSPS) is 10.2. The highest BCUT2D eigenvalue weighted by atomic mass is 16.6. The molecule has 1 aromatic heterocycles. The van der Waals surface area contributed by atoms with Crippen LogP contribution in [0.25, 0.3) is 11.3 Å². The molecule has 8 heteroatoms. The maximum absolute atomic E-state index is 11.0. The Bertz CT molecular complexity index is 664. The van der Waals surface area contributed by atoms with Gasteiger partial charge in [0.1, 0.15) is 0 Å². The molecular formula is C12H10N2O6. The monoisotopic (exact) mass is 278 g/mol. The van der Waals surface area contributed by atoms with Crippen molar-refractivity contribution in [3.8, 4) is 17.1 Å². The Labute approximate surface area is 112 Å². The number of hydrogen-bond acceptors (Lipinski definition) is 6. The van der Waals surface area contributed by atoms with E-state index in [1.807, 2.05) is 0 Å². The van der Waals surface area contributed by atoms with Crippen molar-refractivity contribution in [3.63, 3.8) is 0 Å². The van der Waals surface area contributed by atoms with Gasteiger partial charge in [-0.15, -0.1) is 0 Å². The minimum atomic E-state index is -1.29. The lowest BCUT2D eigenvalue weighted by Gasteiger charge is -2.08. The summed E-state index contributed by atoms with van der Waals surface area (Å²) in [5.74, 6) is -1.41. The summed E-state index contributed by atoms with van der Waals surface area (Å²) in [6, 6.07) is 4.17. The molecule has 20 heavy (non-hydrogen) atoms. The van der Waals surface area contributed by atoms with Crippen molar-refractivity contribution in [2.75, 3.05) is 6.61 Å². The van der Waals surface area contributed by atoms with Crippen LogP contribution in [-0.2, 0) is 0 Å². The van der Waals surface area contributed by atoms with Crippen molar-refractivity contribution in [2.45, 2.75) is 6.92 Å². The molecule has 0 atom stereocenters. The van der Waals surface area contributed by atoms with Gasteiger partial charge in [0.15, 0.2) is 17.8 Å². The van der Waals surface area contributed by atoms with Gasteiger partial charge in [0, 0.05) is 6.07 Å². The largest absolute Gasteiger partial charge is 0.487 e. The smallest absolute Gasteiger partial charge is 0.358 e. The highest BCUT2D eigenvalue weighted by molar-refractivity contribution is 5.93. The Morgan fingerprint density at radius 1 is 1.55 bits per heavy atom. The molecule has 0 unspecified atom stereocenters. The number of oxazole rings is 1. The summed E-state index contributed by atoms with van der Waals surface area (Å²) >= 11 is 0. The van der Waals surface area contributed by atoms with Crippen molar-refractivity contribution in [1.82, 2.24) is 4.98 Å². The third kappa shape index (κ3) is 2.30. The van der Waals surface area contributed by atoms with Crippen LogP contribution in [-0.4, -0.2) is 27.6 Å². The summed E-state index contributed by atoms with van der Waals surface area (Å²) in [6.45, 7) is 1.85. The van der Waals surface area contributed by atoms with Crippen LogP contribution in [0.1, 0.15) is 17.4 Å². The fraction of sp³-hybridized carbons (Fsp3) is 0.167. The lowest BCUT2D eigenvalue weighted by molar-refractivity contribution is -0.385. The third-order valence-corrected chi connectivity index (χ3v) is 2.49. The van der Waals surface area contributed by atoms with Crippen molar-refractivity contribution >= 4 is 11.7 Å². The van der Waals surface area contributed by atoms with Gasteiger partial charge in [-0.25, -0.2) is 9.78 Å². The van der Waals surface area contributed by atoms with Crippen molar-refractivity contribution in [1.29, 1.82) is 0 Å². The molecule has 0 aliphatic heterocycles. The number of nitro benzene ring substituents is 1. The lowest BCUT2D eigenvalue weighted by atomic mass is 10.1. The second kappa shape index (κ2) is 5.39. The van der Waals surface area contributed by atoms with E-state index in [1.165, 1.54) is 18.2 Å². The van der Waals surface area contributed by atoms with Crippen LogP contribution in [0.3, 0.4) is 0 Å². The number of carbonyl (C=O) groups is 1. The predicted molar refractivity (Wildman–Crippen MR) is 66.7 cm³/mol. The van der Waals surface area contributed by atoms with Gasteiger partial charge in [0.05, 0.1) is 17.1 Å². The highest BCUT2D eigenvalue weighted by Gasteiger charge is 2.26. The number of aromatic nitrogens is 1. The molecule has 8 nitrogen and oxygen atoms in total. The molecule has 1 heterocycles. The van der Waals surface area contributed by atoms with Gasteiger partial charge in [-0.2, -0.15) is 0 Å². The number of carboxylic acids is 1. The van der Waals surface area contributed by atoms with Crippen LogP contribution in [0.2, 0.25) is 0 Å². The van der Waals surface area contributed by atoms with Gasteiger partial charge in [0.2, 0.25) is 5.75 Å². The molecular weight excluding hydrogens is 268 g/mol. The van der Waals surface area contributed by atoms with Gasteiger partial charge >= 0.3 is 11.7 Å². The maximum atomic E-state index is 11.0. The minimum Gasteiger partial charge on any atom is -0.487 e. The summed E-state index contributed by atoms with van der Waals surface area (Å²) in [5, 5.41) is 20.0. The Hall–Kier alpha value is -2.90. The van der Waals surface area contributed by atoms with E-state index in [0.29, 0.717) is 0 Å². The van der Waals surface area contributed by atoms with Crippen molar-refractivity contribution < 1.29 is 24.0 Å². The Morgan fingerprint density at radius 3 is 2.90 bits per heavy atom. The summed E-state index contributed by atoms with van der Waals surface area (Å²) in [6.07, 6.45) is 0.966. The predicted octanol–water partition coefficient (Wildman–Crippen LogP) is 2.35. The number of para-hydroxylation sites is 1. The van der Waals surface area contributed by atoms with E-state index in [2.05, 4.69) is 4.98 Å². The average Bonchev–Trinajstić information content (AvgIpc) is 2.88. The molecule has 1 N–H and O–H groups in total. The van der Waals surface area contributed by atoms with Gasteiger partial charge in [-0.05, 0) is 13.0 Å². The lowest BCUT2D eigenvalue weighted by Crippen LogP contribution is -2.02. The van der Waals surface area contributed by atoms with Crippen LogP contribution in [0.15, 0.2) is 29.0 Å². The third-order valence-electron chi connectivity index (χ3n) is 2.49. The van der Waals surface area contributed by atoms with E-state index in [0.717, 1.165) is 6.39 Å². The molecule has 0 fully saturated rings. The molecule has 1 aromatic carbocycles. The van der Waals surface area contributed by atoms with Crippen molar-refractivity contribution in [3.05, 3.63) is 40.4 Å². The number of rotatable bonds is 5. The zero-order valence-corrected chi connectivity index (χ0v) is 10.4. The first kappa shape index (κ1) is 13.5. The molecule has 0 aliphatic rings. The van der Waals surface area contributed by atoms with Gasteiger partial charge in [-0.3, -0.25) is 10.1 Å². The SMILES string of the molecule is CCOc1c(-c2ocnc2C(=O)O)cccc1[N+](=O)[O-]. The molecule has 0 radical (unpaired) electrons. The molecule has 0 spiro atoms. The number of nitrogens with zero attached hydrogens (tertiary/aromatic N) is 2. The van der Waals surface area contributed by atoms with Gasteiger partial charge in [-0.1, -0.05) is 6.07 Å². The Balaban J connectivity index is 2.67. The molecule has 104 valence electrons. The molecule has 0 amide bonds. The fourth-order valence-corrected chi connectivity index (χ4v) is 1.73. The number of ether oxygens (including phenoxy) is 1. The topological polar surface area (TPSA) is 116 Å².